The third-order valence-corrected chi connectivity index (χ3v) is 4.80. The van der Waals surface area contributed by atoms with E-state index in [9.17, 15) is 4.79 Å². The van der Waals surface area contributed by atoms with Crippen molar-refractivity contribution in [2.45, 2.75) is 38.6 Å². The van der Waals surface area contributed by atoms with Crippen molar-refractivity contribution in [3.05, 3.63) is 24.3 Å². The molecule has 0 aromatic heterocycles. The van der Waals surface area contributed by atoms with Crippen LogP contribution >= 0.6 is 12.4 Å². The van der Waals surface area contributed by atoms with Crippen molar-refractivity contribution in [3.8, 4) is 5.75 Å². The molecule has 1 heterocycles. The monoisotopic (exact) mass is 367 g/mol. The van der Waals surface area contributed by atoms with Crippen LogP contribution in [0, 0.1) is 5.92 Å². The maximum absolute atomic E-state index is 12.2. The lowest BCUT2D eigenvalue weighted by molar-refractivity contribution is -0.117. The Morgan fingerprint density at radius 1 is 1.16 bits per heavy atom. The molecule has 6 heteroatoms. The highest BCUT2D eigenvalue weighted by atomic mass is 35.5. The average Bonchev–Trinajstić information content (AvgIpc) is 3.41. The maximum Gasteiger partial charge on any atom is 0.238 e. The molecule has 2 aliphatic rings. The van der Waals surface area contributed by atoms with E-state index in [4.69, 9.17) is 4.74 Å². The molecule has 25 heavy (non-hydrogen) atoms. The topological polar surface area (TPSA) is 53.6 Å². The zero-order chi connectivity index (χ0) is 16.8. The molecule has 1 aliphatic carbocycles. The molecule has 0 bridgehead atoms. The standard InChI is InChI=1S/C19H29N3O2.ClH/c1-2-24-18-7-5-17(6-8-18)21-19(23)14-22-11-9-16(10-12-22)20-13-15-3-4-15;/h5-8,15-16,20H,2-4,9-14H2,1H3,(H,21,23);1H. The number of hydrogen-bond donors (Lipinski definition) is 2. The predicted molar refractivity (Wildman–Crippen MR) is 104 cm³/mol. The molecule has 2 fully saturated rings. The first-order valence-corrected chi connectivity index (χ1v) is 9.21. The van der Waals surface area contributed by atoms with Gasteiger partial charge in [0.15, 0.2) is 0 Å². The second-order valence-electron chi connectivity index (χ2n) is 6.91. The van der Waals surface area contributed by atoms with Crippen LogP contribution in [0.25, 0.3) is 0 Å². The number of carbonyl (C=O) groups is 1. The minimum Gasteiger partial charge on any atom is -0.494 e. The van der Waals surface area contributed by atoms with Crippen molar-refractivity contribution >= 4 is 24.0 Å². The van der Waals surface area contributed by atoms with Gasteiger partial charge in [-0.05, 0) is 69.3 Å². The van der Waals surface area contributed by atoms with Crippen LogP contribution in [0.2, 0.25) is 0 Å². The Morgan fingerprint density at radius 3 is 2.44 bits per heavy atom. The molecule has 3 rings (SSSR count). The normalized spacial score (nSPS) is 18.4. The van der Waals surface area contributed by atoms with Gasteiger partial charge in [0.05, 0.1) is 13.2 Å². The van der Waals surface area contributed by atoms with Crippen molar-refractivity contribution in [2.24, 2.45) is 5.92 Å². The number of piperidine rings is 1. The lowest BCUT2D eigenvalue weighted by Crippen LogP contribution is -2.45. The van der Waals surface area contributed by atoms with Gasteiger partial charge in [-0.3, -0.25) is 9.69 Å². The first-order chi connectivity index (χ1) is 11.7. The van der Waals surface area contributed by atoms with E-state index in [-0.39, 0.29) is 18.3 Å². The fraction of sp³-hybridized carbons (Fsp3) is 0.632. The van der Waals surface area contributed by atoms with Crippen molar-refractivity contribution in [3.63, 3.8) is 0 Å². The molecule has 2 N–H and O–H groups in total. The molecule has 140 valence electrons. The van der Waals surface area contributed by atoms with E-state index in [1.807, 2.05) is 31.2 Å². The van der Waals surface area contributed by atoms with Crippen molar-refractivity contribution in [1.82, 2.24) is 10.2 Å². The zero-order valence-electron chi connectivity index (χ0n) is 15.0. The largest absolute Gasteiger partial charge is 0.494 e. The first-order valence-electron chi connectivity index (χ1n) is 9.21. The van der Waals surface area contributed by atoms with Gasteiger partial charge in [-0.15, -0.1) is 12.4 Å². The lowest BCUT2D eigenvalue weighted by atomic mass is 10.0. The van der Waals surface area contributed by atoms with Crippen molar-refractivity contribution < 1.29 is 9.53 Å². The molecule has 0 unspecified atom stereocenters. The SMILES string of the molecule is CCOc1ccc(NC(=O)CN2CCC(NCC3CC3)CC2)cc1.Cl. The van der Waals surface area contributed by atoms with E-state index in [2.05, 4.69) is 15.5 Å². The van der Waals surface area contributed by atoms with E-state index in [0.717, 1.165) is 43.3 Å². The van der Waals surface area contributed by atoms with Gasteiger partial charge in [0, 0.05) is 24.8 Å². The molecule has 1 amide bonds. The Balaban J connectivity index is 0.00000225. The Kier molecular flexibility index (Phi) is 8.00. The summed E-state index contributed by atoms with van der Waals surface area (Å²) >= 11 is 0. The van der Waals surface area contributed by atoms with E-state index in [1.165, 1.54) is 19.4 Å². The summed E-state index contributed by atoms with van der Waals surface area (Å²) in [5, 5.41) is 6.64. The van der Waals surface area contributed by atoms with Crippen molar-refractivity contribution in [1.29, 1.82) is 0 Å². The number of benzene rings is 1. The van der Waals surface area contributed by atoms with Crippen LogP contribution in [0.1, 0.15) is 32.6 Å². The summed E-state index contributed by atoms with van der Waals surface area (Å²) in [6.45, 7) is 6.26. The van der Waals surface area contributed by atoms with Crippen LogP contribution in [0.4, 0.5) is 5.69 Å². The number of amides is 1. The Labute approximate surface area is 156 Å². The molecule has 1 aromatic rings. The molecular formula is C19H30ClN3O2. The van der Waals surface area contributed by atoms with E-state index >= 15 is 0 Å². The van der Waals surface area contributed by atoms with Crippen LogP contribution in [0.15, 0.2) is 24.3 Å². The fourth-order valence-electron chi connectivity index (χ4n) is 3.16. The molecule has 1 saturated carbocycles. The van der Waals surface area contributed by atoms with Gasteiger partial charge in [-0.2, -0.15) is 0 Å². The molecule has 5 nitrogen and oxygen atoms in total. The Bertz CT molecular complexity index is 526. The maximum atomic E-state index is 12.2. The predicted octanol–water partition coefficient (Wildman–Crippen LogP) is 2.91. The molecule has 0 atom stereocenters. The number of nitrogens with zero attached hydrogens (tertiary/aromatic N) is 1. The summed E-state index contributed by atoms with van der Waals surface area (Å²) < 4.78 is 5.41. The quantitative estimate of drug-likeness (QED) is 0.741. The van der Waals surface area contributed by atoms with Crippen molar-refractivity contribution in [2.75, 3.05) is 38.1 Å². The number of ether oxygens (including phenoxy) is 1. The third-order valence-electron chi connectivity index (χ3n) is 4.80. The van der Waals surface area contributed by atoms with Crippen LogP contribution in [0.3, 0.4) is 0 Å². The number of halogens is 1. The first kappa shape index (κ1) is 20.0. The summed E-state index contributed by atoms with van der Waals surface area (Å²) in [6, 6.07) is 8.18. The summed E-state index contributed by atoms with van der Waals surface area (Å²) in [4.78, 5) is 14.4. The number of carbonyl (C=O) groups excluding carboxylic acids is 1. The van der Waals surface area contributed by atoms with Gasteiger partial charge in [-0.25, -0.2) is 0 Å². The number of hydrogen-bond acceptors (Lipinski definition) is 4. The number of nitrogens with one attached hydrogen (secondary N) is 2. The minimum absolute atomic E-state index is 0. The van der Waals surface area contributed by atoms with E-state index < -0.39 is 0 Å². The van der Waals surface area contributed by atoms with Gasteiger partial charge in [-0.1, -0.05) is 0 Å². The van der Waals surface area contributed by atoms with Gasteiger partial charge >= 0.3 is 0 Å². The summed E-state index contributed by atoms with van der Waals surface area (Å²) in [5.41, 5.74) is 0.824. The highest BCUT2D eigenvalue weighted by Crippen LogP contribution is 2.28. The Morgan fingerprint density at radius 2 is 1.84 bits per heavy atom. The zero-order valence-corrected chi connectivity index (χ0v) is 15.8. The van der Waals surface area contributed by atoms with Gasteiger partial charge in [0.2, 0.25) is 5.91 Å². The van der Waals surface area contributed by atoms with Gasteiger partial charge in [0.1, 0.15) is 5.75 Å². The van der Waals surface area contributed by atoms with E-state index in [0.29, 0.717) is 19.2 Å². The third kappa shape index (κ3) is 6.84. The van der Waals surface area contributed by atoms with Crippen LogP contribution in [-0.4, -0.2) is 49.6 Å². The van der Waals surface area contributed by atoms with Crippen LogP contribution in [-0.2, 0) is 4.79 Å². The number of likely N-dealkylation sites (tertiary alicyclic amines) is 1. The second kappa shape index (κ2) is 10.00. The van der Waals surface area contributed by atoms with E-state index in [1.54, 1.807) is 0 Å². The molecule has 0 spiro atoms. The number of rotatable bonds is 8. The average molecular weight is 368 g/mol. The van der Waals surface area contributed by atoms with Gasteiger partial charge < -0.3 is 15.4 Å². The molecule has 1 aromatic carbocycles. The molecular weight excluding hydrogens is 338 g/mol. The Hall–Kier alpha value is -1.30. The highest BCUT2D eigenvalue weighted by Gasteiger charge is 2.24. The fourth-order valence-corrected chi connectivity index (χ4v) is 3.16. The minimum atomic E-state index is 0. The molecule has 1 saturated heterocycles. The lowest BCUT2D eigenvalue weighted by Gasteiger charge is -2.32. The second-order valence-corrected chi connectivity index (χ2v) is 6.91. The molecule has 1 aliphatic heterocycles. The summed E-state index contributed by atoms with van der Waals surface area (Å²) in [5.74, 6) is 1.82. The van der Waals surface area contributed by atoms with Gasteiger partial charge in [0.25, 0.3) is 0 Å². The molecule has 0 radical (unpaired) electrons. The highest BCUT2D eigenvalue weighted by molar-refractivity contribution is 5.92. The number of anilines is 1. The smallest absolute Gasteiger partial charge is 0.238 e. The van der Waals surface area contributed by atoms with Crippen LogP contribution < -0.4 is 15.4 Å². The summed E-state index contributed by atoms with van der Waals surface area (Å²) in [6.07, 6.45) is 5.08. The van der Waals surface area contributed by atoms with Crippen LogP contribution in [0.5, 0.6) is 5.75 Å². The summed E-state index contributed by atoms with van der Waals surface area (Å²) in [7, 11) is 0.